The summed E-state index contributed by atoms with van der Waals surface area (Å²) in [5.74, 6) is -1.88. The van der Waals surface area contributed by atoms with Crippen LogP contribution in [0.2, 0.25) is 0 Å². The lowest BCUT2D eigenvalue weighted by atomic mass is 10.0. The number of aliphatic hydroxyl groups is 1. The van der Waals surface area contributed by atoms with Gasteiger partial charge in [0.1, 0.15) is 6.10 Å². The Hall–Kier alpha value is -1.26. The van der Waals surface area contributed by atoms with Crippen LogP contribution in [0.5, 0.6) is 0 Å². The second-order valence-electron chi connectivity index (χ2n) is 4.08. The Morgan fingerprint density at radius 3 is 2.22 bits per heavy atom. The molecule has 0 amide bonds. The molecule has 0 bridgehead atoms. The zero-order valence-corrected chi connectivity index (χ0v) is 11.2. The third-order valence-electron chi connectivity index (χ3n) is 2.77. The molecule has 2 aromatic rings. The average Bonchev–Trinajstić information content (AvgIpc) is 2.35. The summed E-state index contributed by atoms with van der Waals surface area (Å²) in [7, 11) is 0. The molecule has 0 aromatic heterocycles. The molecule has 0 spiro atoms. The number of halogens is 3. The molecule has 0 aliphatic carbocycles. The van der Waals surface area contributed by atoms with Crippen LogP contribution in [-0.4, -0.2) is 5.11 Å². The van der Waals surface area contributed by atoms with Crippen LogP contribution in [0.25, 0.3) is 0 Å². The van der Waals surface area contributed by atoms with Gasteiger partial charge in [0, 0.05) is 4.47 Å². The highest BCUT2D eigenvalue weighted by Crippen LogP contribution is 2.27. The Bertz CT molecular complexity index is 533. The maximum Gasteiger partial charge on any atom is 0.159 e. The first kappa shape index (κ1) is 13.2. The average molecular weight is 313 g/mol. The fraction of sp³-hybridized carbons (Fsp3) is 0.143. The molecule has 1 nitrogen and oxygen atoms in total. The van der Waals surface area contributed by atoms with Gasteiger partial charge in [-0.2, -0.15) is 0 Å². The molecule has 2 rings (SSSR count). The first-order valence-corrected chi connectivity index (χ1v) is 6.17. The van der Waals surface area contributed by atoms with Gasteiger partial charge in [0.2, 0.25) is 0 Å². The molecule has 1 N–H and O–H groups in total. The fourth-order valence-corrected chi connectivity index (χ4v) is 2.05. The van der Waals surface area contributed by atoms with Crippen LogP contribution in [0, 0.1) is 18.6 Å². The third kappa shape index (κ3) is 2.60. The largest absolute Gasteiger partial charge is 0.384 e. The van der Waals surface area contributed by atoms with E-state index in [1.807, 2.05) is 13.0 Å². The minimum Gasteiger partial charge on any atom is -0.384 e. The van der Waals surface area contributed by atoms with Gasteiger partial charge in [-0.15, -0.1) is 0 Å². The summed E-state index contributed by atoms with van der Waals surface area (Å²) < 4.78 is 26.8. The molecule has 94 valence electrons. The molecule has 0 radical (unpaired) electrons. The van der Waals surface area contributed by atoms with Gasteiger partial charge >= 0.3 is 0 Å². The third-order valence-corrected chi connectivity index (χ3v) is 3.63. The van der Waals surface area contributed by atoms with Gasteiger partial charge in [0.25, 0.3) is 0 Å². The predicted molar refractivity (Wildman–Crippen MR) is 69.3 cm³/mol. The van der Waals surface area contributed by atoms with E-state index < -0.39 is 17.7 Å². The van der Waals surface area contributed by atoms with Crippen LogP contribution < -0.4 is 0 Å². The van der Waals surface area contributed by atoms with Crippen LogP contribution in [0.4, 0.5) is 8.78 Å². The van der Waals surface area contributed by atoms with Gasteiger partial charge in [-0.3, -0.25) is 0 Å². The van der Waals surface area contributed by atoms with E-state index in [0.717, 1.165) is 22.2 Å². The normalized spacial score (nSPS) is 12.5. The van der Waals surface area contributed by atoms with Crippen molar-refractivity contribution in [3.05, 3.63) is 69.2 Å². The number of hydrogen-bond donors (Lipinski definition) is 1. The molecular weight excluding hydrogens is 302 g/mol. The van der Waals surface area contributed by atoms with E-state index in [0.29, 0.717) is 11.1 Å². The summed E-state index contributed by atoms with van der Waals surface area (Å²) in [6.45, 7) is 1.93. The van der Waals surface area contributed by atoms with Crippen molar-refractivity contribution < 1.29 is 13.9 Å². The van der Waals surface area contributed by atoms with Gasteiger partial charge < -0.3 is 5.11 Å². The van der Waals surface area contributed by atoms with Gasteiger partial charge in [-0.25, -0.2) is 8.78 Å². The van der Waals surface area contributed by atoms with E-state index in [1.54, 1.807) is 12.1 Å². The van der Waals surface area contributed by atoms with Crippen molar-refractivity contribution in [2.24, 2.45) is 0 Å². The highest BCUT2D eigenvalue weighted by Gasteiger charge is 2.13. The Kier molecular flexibility index (Phi) is 3.78. The van der Waals surface area contributed by atoms with Crippen LogP contribution in [0.1, 0.15) is 22.8 Å². The van der Waals surface area contributed by atoms with Crippen molar-refractivity contribution >= 4 is 15.9 Å². The zero-order chi connectivity index (χ0) is 13.3. The van der Waals surface area contributed by atoms with Crippen molar-refractivity contribution in [2.45, 2.75) is 13.0 Å². The van der Waals surface area contributed by atoms with Crippen molar-refractivity contribution in [2.75, 3.05) is 0 Å². The molecule has 1 unspecified atom stereocenters. The summed E-state index contributed by atoms with van der Waals surface area (Å²) in [6, 6.07) is 8.76. The lowest BCUT2D eigenvalue weighted by Crippen LogP contribution is -2.01. The molecule has 0 aliphatic rings. The number of aliphatic hydroxyl groups excluding tert-OH is 1. The standard InChI is InChI=1S/C14H11BrF2O/c1-8-2-3-9(6-11(8)15)14(18)10-4-5-12(16)13(17)7-10/h2-7,14,18H,1H3. The van der Waals surface area contributed by atoms with Crippen LogP contribution in [-0.2, 0) is 0 Å². The van der Waals surface area contributed by atoms with Gasteiger partial charge in [0.05, 0.1) is 0 Å². The maximum absolute atomic E-state index is 13.1. The summed E-state index contributed by atoms with van der Waals surface area (Å²) in [4.78, 5) is 0. The minimum absolute atomic E-state index is 0.324. The maximum atomic E-state index is 13.1. The van der Waals surface area contributed by atoms with E-state index in [1.165, 1.54) is 6.07 Å². The quantitative estimate of drug-likeness (QED) is 0.884. The Morgan fingerprint density at radius 2 is 1.61 bits per heavy atom. The molecule has 2 aromatic carbocycles. The number of hydrogen-bond acceptors (Lipinski definition) is 1. The van der Waals surface area contributed by atoms with Crippen LogP contribution in [0.3, 0.4) is 0 Å². The smallest absolute Gasteiger partial charge is 0.159 e. The molecule has 0 fully saturated rings. The van der Waals surface area contributed by atoms with Gasteiger partial charge in [0.15, 0.2) is 11.6 Å². The summed E-state index contributed by atoms with van der Waals surface area (Å²) >= 11 is 3.37. The second kappa shape index (κ2) is 5.16. The molecule has 0 saturated carbocycles. The summed E-state index contributed by atoms with van der Waals surface area (Å²) in [5.41, 5.74) is 1.99. The molecule has 0 heterocycles. The van der Waals surface area contributed by atoms with Crippen molar-refractivity contribution in [1.82, 2.24) is 0 Å². The van der Waals surface area contributed by atoms with E-state index in [9.17, 15) is 13.9 Å². The van der Waals surface area contributed by atoms with Crippen molar-refractivity contribution in [3.8, 4) is 0 Å². The Morgan fingerprint density at radius 1 is 1.00 bits per heavy atom. The van der Waals surface area contributed by atoms with E-state index in [-0.39, 0.29) is 0 Å². The molecule has 0 aliphatic heterocycles. The molecule has 18 heavy (non-hydrogen) atoms. The highest BCUT2D eigenvalue weighted by molar-refractivity contribution is 9.10. The topological polar surface area (TPSA) is 20.2 Å². The SMILES string of the molecule is Cc1ccc(C(O)c2ccc(F)c(F)c2)cc1Br. The predicted octanol–water partition coefficient (Wildman–Crippen LogP) is 4.12. The summed E-state index contributed by atoms with van der Waals surface area (Å²) in [5, 5.41) is 10.1. The Balaban J connectivity index is 2.37. The minimum atomic E-state index is -0.975. The highest BCUT2D eigenvalue weighted by atomic mass is 79.9. The van der Waals surface area contributed by atoms with Crippen molar-refractivity contribution in [3.63, 3.8) is 0 Å². The number of benzene rings is 2. The van der Waals surface area contributed by atoms with Crippen LogP contribution in [0.15, 0.2) is 40.9 Å². The number of rotatable bonds is 2. The first-order chi connectivity index (χ1) is 8.49. The zero-order valence-electron chi connectivity index (χ0n) is 9.62. The number of aryl methyl sites for hydroxylation is 1. The fourth-order valence-electron chi connectivity index (χ4n) is 1.65. The molecular formula is C14H11BrF2O. The van der Waals surface area contributed by atoms with Crippen molar-refractivity contribution in [1.29, 1.82) is 0 Å². The molecule has 1 atom stereocenters. The first-order valence-electron chi connectivity index (χ1n) is 5.38. The lowest BCUT2D eigenvalue weighted by molar-refractivity contribution is 0.219. The lowest BCUT2D eigenvalue weighted by Gasteiger charge is -2.13. The summed E-state index contributed by atoms with van der Waals surface area (Å²) in [6.07, 6.45) is -0.975. The monoisotopic (exact) mass is 312 g/mol. The van der Waals surface area contributed by atoms with E-state index in [4.69, 9.17) is 0 Å². The van der Waals surface area contributed by atoms with Gasteiger partial charge in [-0.1, -0.05) is 34.1 Å². The molecule has 0 saturated heterocycles. The van der Waals surface area contributed by atoms with Gasteiger partial charge in [-0.05, 0) is 41.8 Å². The van der Waals surface area contributed by atoms with E-state index in [2.05, 4.69) is 15.9 Å². The Labute approximate surface area is 112 Å². The second-order valence-corrected chi connectivity index (χ2v) is 4.94. The molecule has 4 heteroatoms. The van der Waals surface area contributed by atoms with E-state index >= 15 is 0 Å². The van der Waals surface area contributed by atoms with Crippen LogP contribution >= 0.6 is 15.9 Å².